The number of hydrogen-bond acceptors (Lipinski definition) is 1. The fraction of sp³-hybridized carbons (Fsp3) is 0.600. The summed E-state index contributed by atoms with van der Waals surface area (Å²) in [5.74, 6) is -0.218. The molecule has 2 rings (SSSR count). The van der Waals surface area contributed by atoms with Gasteiger partial charge in [0.1, 0.15) is 5.82 Å². The maximum absolute atomic E-state index is 13.6. The first kappa shape index (κ1) is 13.8. The summed E-state index contributed by atoms with van der Waals surface area (Å²) in [5.41, 5.74) is 0.983. The minimum Gasteiger partial charge on any atom is -0.310 e. The minimum absolute atomic E-state index is 0.218. The molecule has 1 aromatic carbocycles. The largest absolute Gasteiger partial charge is 0.310 e. The second-order valence-corrected chi connectivity index (χ2v) is 6.45. The van der Waals surface area contributed by atoms with Crippen molar-refractivity contribution in [2.75, 3.05) is 0 Å². The van der Waals surface area contributed by atoms with Gasteiger partial charge in [-0.05, 0) is 36.8 Å². The molecule has 0 aromatic heterocycles. The van der Waals surface area contributed by atoms with Gasteiger partial charge in [0, 0.05) is 23.2 Å². The Hall–Kier alpha value is -0.600. The highest BCUT2D eigenvalue weighted by atomic mass is 35.5. The SMILES string of the molecule is CC1(C)CCCC(NCc2c(F)cccc2Cl)C1. The first-order valence-corrected chi connectivity index (χ1v) is 7.02. The van der Waals surface area contributed by atoms with Crippen LogP contribution in [0.2, 0.25) is 5.02 Å². The van der Waals surface area contributed by atoms with Gasteiger partial charge in [-0.15, -0.1) is 0 Å². The average Bonchev–Trinajstić information content (AvgIpc) is 2.27. The van der Waals surface area contributed by atoms with E-state index in [1.807, 2.05) is 0 Å². The monoisotopic (exact) mass is 269 g/mol. The molecule has 1 N–H and O–H groups in total. The molecule has 1 atom stereocenters. The summed E-state index contributed by atoms with van der Waals surface area (Å²) in [6, 6.07) is 5.33. The van der Waals surface area contributed by atoms with Crippen molar-refractivity contribution in [3.05, 3.63) is 34.6 Å². The van der Waals surface area contributed by atoms with Crippen LogP contribution in [0.15, 0.2) is 18.2 Å². The van der Waals surface area contributed by atoms with Crippen molar-refractivity contribution < 1.29 is 4.39 Å². The standard InChI is InChI=1S/C15H21ClFN/c1-15(2)8-4-5-11(9-15)18-10-12-13(16)6-3-7-14(12)17/h3,6-7,11,18H,4-5,8-10H2,1-2H3. The lowest BCUT2D eigenvalue weighted by Crippen LogP contribution is -2.37. The third kappa shape index (κ3) is 3.46. The maximum atomic E-state index is 13.6. The van der Waals surface area contributed by atoms with Gasteiger partial charge in [-0.2, -0.15) is 0 Å². The molecular formula is C15H21ClFN. The van der Waals surface area contributed by atoms with Crippen LogP contribution in [0.25, 0.3) is 0 Å². The Balaban J connectivity index is 1.95. The second kappa shape index (κ2) is 5.58. The zero-order valence-corrected chi connectivity index (χ0v) is 11.9. The minimum atomic E-state index is -0.218. The molecule has 0 radical (unpaired) electrons. The molecule has 1 nitrogen and oxygen atoms in total. The fourth-order valence-electron chi connectivity index (χ4n) is 2.82. The van der Waals surface area contributed by atoms with Gasteiger partial charge in [0.2, 0.25) is 0 Å². The fourth-order valence-corrected chi connectivity index (χ4v) is 3.05. The lowest BCUT2D eigenvalue weighted by molar-refractivity contribution is 0.197. The third-order valence-corrected chi connectivity index (χ3v) is 4.19. The molecule has 0 spiro atoms. The molecule has 1 fully saturated rings. The molecule has 0 bridgehead atoms. The lowest BCUT2D eigenvalue weighted by atomic mass is 9.75. The molecule has 18 heavy (non-hydrogen) atoms. The van der Waals surface area contributed by atoms with E-state index in [0.29, 0.717) is 28.6 Å². The van der Waals surface area contributed by atoms with Crippen LogP contribution in [0.3, 0.4) is 0 Å². The van der Waals surface area contributed by atoms with Crippen LogP contribution in [-0.4, -0.2) is 6.04 Å². The lowest BCUT2D eigenvalue weighted by Gasteiger charge is -2.35. The Morgan fingerprint density at radius 3 is 2.89 bits per heavy atom. The molecule has 1 aromatic rings. The van der Waals surface area contributed by atoms with Gasteiger partial charge >= 0.3 is 0 Å². The Labute approximate surface area is 114 Å². The summed E-state index contributed by atoms with van der Waals surface area (Å²) >= 11 is 6.02. The zero-order valence-electron chi connectivity index (χ0n) is 11.1. The third-order valence-electron chi connectivity index (χ3n) is 3.83. The molecule has 0 aliphatic heterocycles. The van der Waals surface area contributed by atoms with Gasteiger partial charge in [-0.3, -0.25) is 0 Å². The van der Waals surface area contributed by atoms with E-state index in [1.165, 1.54) is 25.3 Å². The molecule has 1 aliphatic rings. The van der Waals surface area contributed by atoms with E-state index >= 15 is 0 Å². The Morgan fingerprint density at radius 2 is 2.22 bits per heavy atom. The van der Waals surface area contributed by atoms with Crippen LogP contribution in [-0.2, 0) is 6.54 Å². The smallest absolute Gasteiger partial charge is 0.129 e. The van der Waals surface area contributed by atoms with Crippen LogP contribution < -0.4 is 5.32 Å². The van der Waals surface area contributed by atoms with Gasteiger partial charge in [-0.1, -0.05) is 37.9 Å². The molecule has 0 saturated heterocycles. The Kier molecular flexibility index (Phi) is 4.29. The van der Waals surface area contributed by atoms with Crippen LogP contribution in [0, 0.1) is 11.2 Å². The van der Waals surface area contributed by atoms with Gasteiger partial charge in [0.15, 0.2) is 0 Å². The highest BCUT2D eigenvalue weighted by Gasteiger charge is 2.27. The molecule has 100 valence electrons. The van der Waals surface area contributed by atoms with Crippen LogP contribution in [0.1, 0.15) is 45.1 Å². The number of benzene rings is 1. The maximum Gasteiger partial charge on any atom is 0.129 e. The van der Waals surface area contributed by atoms with Crippen molar-refractivity contribution in [3.63, 3.8) is 0 Å². The molecule has 1 unspecified atom stereocenters. The number of hydrogen-bond donors (Lipinski definition) is 1. The highest BCUT2D eigenvalue weighted by molar-refractivity contribution is 6.31. The van der Waals surface area contributed by atoms with E-state index in [-0.39, 0.29) is 5.82 Å². The van der Waals surface area contributed by atoms with Gasteiger partial charge in [0.05, 0.1) is 0 Å². The predicted molar refractivity (Wildman–Crippen MR) is 74.3 cm³/mol. The summed E-state index contributed by atoms with van der Waals surface area (Å²) in [5, 5.41) is 3.96. The van der Waals surface area contributed by atoms with Crippen LogP contribution >= 0.6 is 11.6 Å². The number of halogens is 2. The Bertz CT molecular complexity index is 397. The van der Waals surface area contributed by atoms with Crippen molar-refractivity contribution in [2.45, 2.75) is 52.1 Å². The van der Waals surface area contributed by atoms with Crippen molar-refractivity contribution in [2.24, 2.45) is 5.41 Å². The van der Waals surface area contributed by atoms with E-state index in [2.05, 4.69) is 19.2 Å². The second-order valence-electron chi connectivity index (χ2n) is 6.04. The number of rotatable bonds is 3. The van der Waals surface area contributed by atoms with Crippen LogP contribution in [0.5, 0.6) is 0 Å². The van der Waals surface area contributed by atoms with Gasteiger partial charge < -0.3 is 5.32 Å². The molecule has 0 amide bonds. The first-order chi connectivity index (χ1) is 8.48. The topological polar surface area (TPSA) is 12.0 Å². The summed E-state index contributed by atoms with van der Waals surface area (Å²) in [4.78, 5) is 0. The van der Waals surface area contributed by atoms with Crippen molar-refractivity contribution in [1.29, 1.82) is 0 Å². The molecule has 1 aliphatic carbocycles. The van der Waals surface area contributed by atoms with E-state index in [0.717, 1.165) is 6.42 Å². The summed E-state index contributed by atoms with van der Waals surface area (Å²) in [6.07, 6.45) is 4.86. The van der Waals surface area contributed by atoms with Crippen LogP contribution in [0.4, 0.5) is 4.39 Å². The van der Waals surface area contributed by atoms with Crippen molar-refractivity contribution >= 4 is 11.6 Å². The first-order valence-electron chi connectivity index (χ1n) is 6.64. The van der Waals surface area contributed by atoms with Crippen molar-refractivity contribution in [3.8, 4) is 0 Å². The van der Waals surface area contributed by atoms with E-state index in [1.54, 1.807) is 12.1 Å². The molecule has 1 saturated carbocycles. The predicted octanol–water partition coefficient (Wildman–Crippen LogP) is 4.54. The normalized spacial score (nSPS) is 23.0. The van der Waals surface area contributed by atoms with E-state index in [4.69, 9.17) is 11.6 Å². The zero-order chi connectivity index (χ0) is 13.2. The quantitative estimate of drug-likeness (QED) is 0.850. The van der Waals surface area contributed by atoms with E-state index in [9.17, 15) is 4.39 Å². The molecular weight excluding hydrogens is 249 g/mol. The Morgan fingerprint density at radius 1 is 1.44 bits per heavy atom. The van der Waals surface area contributed by atoms with Gasteiger partial charge in [-0.25, -0.2) is 4.39 Å². The highest BCUT2D eigenvalue weighted by Crippen LogP contribution is 2.35. The molecule has 0 heterocycles. The summed E-state index contributed by atoms with van der Waals surface area (Å²) < 4.78 is 13.6. The summed E-state index contributed by atoms with van der Waals surface area (Å²) in [6.45, 7) is 5.13. The number of nitrogens with one attached hydrogen (secondary N) is 1. The van der Waals surface area contributed by atoms with E-state index < -0.39 is 0 Å². The average molecular weight is 270 g/mol. The summed E-state index contributed by atoms with van der Waals surface area (Å²) in [7, 11) is 0. The molecule has 3 heteroatoms. The van der Waals surface area contributed by atoms with Crippen molar-refractivity contribution in [1.82, 2.24) is 5.32 Å². The van der Waals surface area contributed by atoms with Gasteiger partial charge in [0.25, 0.3) is 0 Å².